The van der Waals surface area contributed by atoms with Crippen LogP contribution in [0.25, 0.3) is 16.6 Å². The summed E-state index contributed by atoms with van der Waals surface area (Å²) in [5, 5.41) is 0.485. The molecule has 0 amide bonds. The minimum atomic E-state index is -2.55. The number of hydrogen-bond donors (Lipinski definition) is 0. The predicted octanol–water partition coefficient (Wildman–Crippen LogP) is 2.49. The largest absolute Gasteiger partial charge is 0.285 e. The highest BCUT2D eigenvalue weighted by atomic mass is 32.2. The second-order valence-corrected chi connectivity index (χ2v) is 7.47. The van der Waals surface area contributed by atoms with E-state index in [1.165, 1.54) is 0 Å². The second-order valence-electron chi connectivity index (χ2n) is 5.11. The third kappa shape index (κ3) is 2.18. The van der Waals surface area contributed by atoms with E-state index in [1.54, 1.807) is 32.0 Å². The highest BCUT2D eigenvalue weighted by molar-refractivity contribution is 7.93. The molecule has 114 valence electrons. The number of aromatic nitrogens is 4. The topological polar surface area (TPSA) is 72.5 Å². The average Bonchev–Trinajstić information content (AvgIpc) is 2.95. The standard InChI is InChI=1S/C15H17N5OS/c1-10-12(6-5-7-17-10)13-8-18-11(2)20-9-19-15(14(13)20)22(4,21)16-3/h5-9H,1-4H3. The molecule has 1 atom stereocenters. The van der Waals surface area contributed by atoms with Crippen molar-refractivity contribution in [1.29, 1.82) is 0 Å². The van der Waals surface area contributed by atoms with Crippen LogP contribution in [-0.4, -0.2) is 36.9 Å². The summed E-state index contributed by atoms with van der Waals surface area (Å²) < 4.78 is 18.6. The number of fused-ring (bicyclic) bond motifs is 1. The maximum absolute atomic E-state index is 12.7. The highest BCUT2D eigenvalue weighted by Gasteiger charge is 2.19. The number of imidazole rings is 1. The Labute approximate surface area is 129 Å². The molecule has 0 aliphatic rings. The molecule has 0 fully saturated rings. The van der Waals surface area contributed by atoms with E-state index in [1.807, 2.05) is 30.4 Å². The van der Waals surface area contributed by atoms with Crippen LogP contribution in [0.15, 0.2) is 40.2 Å². The summed E-state index contributed by atoms with van der Waals surface area (Å²) in [5.41, 5.74) is 3.48. The predicted molar refractivity (Wildman–Crippen MR) is 86.4 cm³/mol. The van der Waals surface area contributed by atoms with E-state index < -0.39 is 9.73 Å². The first kappa shape index (κ1) is 14.6. The van der Waals surface area contributed by atoms with Crippen LogP contribution in [0.1, 0.15) is 11.5 Å². The third-order valence-electron chi connectivity index (χ3n) is 3.72. The van der Waals surface area contributed by atoms with Crippen LogP contribution in [-0.2, 0) is 9.73 Å². The molecule has 0 bridgehead atoms. The van der Waals surface area contributed by atoms with Gasteiger partial charge < -0.3 is 0 Å². The minimum Gasteiger partial charge on any atom is -0.285 e. The van der Waals surface area contributed by atoms with Crippen molar-refractivity contribution in [2.24, 2.45) is 4.36 Å². The molecule has 3 aromatic heterocycles. The zero-order valence-electron chi connectivity index (χ0n) is 12.9. The molecule has 6 nitrogen and oxygen atoms in total. The van der Waals surface area contributed by atoms with Gasteiger partial charge >= 0.3 is 0 Å². The molecule has 3 rings (SSSR count). The number of rotatable bonds is 2. The normalized spacial score (nSPS) is 14.0. The molecule has 0 saturated heterocycles. The summed E-state index contributed by atoms with van der Waals surface area (Å²) in [6.45, 7) is 3.83. The van der Waals surface area contributed by atoms with Crippen molar-refractivity contribution in [3.05, 3.63) is 42.4 Å². The van der Waals surface area contributed by atoms with E-state index >= 15 is 0 Å². The van der Waals surface area contributed by atoms with Gasteiger partial charge in [0, 0.05) is 42.5 Å². The van der Waals surface area contributed by atoms with E-state index in [4.69, 9.17) is 0 Å². The quantitative estimate of drug-likeness (QED) is 0.728. The lowest BCUT2D eigenvalue weighted by Gasteiger charge is -2.10. The molecule has 22 heavy (non-hydrogen) atoms. The van der Waals surface area contributed by atoms with E-state index in [9.17, 15) is 4.21 Å². The molecule has 0 aliphatic carbocycles. The van der Waals surface area contributed by atoms with Gasteiger partial charge in [-0.1, -0.05) is 6.07 Å². The first-order valence-electron chi connectivity index (χ1n) is 6.80. The molecule has 7 heteroatoms. The van der Waals surface area contributed by atoms with Crippen LogP contribution >= 0.6 is 0 Å². The molecular formula is C15H17N5OS. The van der Waals surface area contributed by atoms with Gasteiger partial charge in [0.2, 0.25) is 0 Å². The van der Waals surface area contributed by atoms with Gasteiger partial charge in [-0.25, -0.2) is 18.5 Å². The van der Waals surface area contributed by atoms with Crippen LogP contribution < -0.4 is 0 Å². The van der Waals surface area contributed by atoms with E-state index in [0.717, 1.165) is 28.2 Å². The molecule has 3 heterocycles. The Kier molecular flexibility index (Phi) is 3.44. The molecular weight excluding hydrogens is 298 g/mol. The molecule has 0 aliphatic heterocycles. The number of pyridine rings is 1. The number of aryl methyl sites for hydroxylation is 2. The van der Waals surface area contributed by atoms with Crippen LogP contribution in [0.4, 0.5) is 0 Å². The minimum absolute atomic E-state index is 0.485. The summed E-state index contributed by atoms with van der Waals surface area (Å²) >= 11 is 0. The van der Waals surface area contributed by atoms with Crippen LogP contribution in [0.2, 0.25) is 0 Å². The van der Waals surface area contributed by atoms with Crippen molar-refractivity contribution < 1.29 is 4.21 Å². The molecule has 3 aromatic rings. The molecule has 1 unspecified atom stereocenters. The Bertz CT molecular complexity index is 983. The first-order chi connectivity index (χ1) is 10.5. The Balaban J connectivity index is 2.47. The molecule has 0 saturated carbocycles. The van der Waals surface area contributed by atoms with E-state index in [2.05, 4.69) is 19.3 Å². The van der Waals surface area contributed by atoms with Gasteiger partial charge in [0.25, 0.3) is 0 Å². The first-order valence-corrected chi connectivity index (χ1v) is 8.73. The van der Waals surface area contributed by atoms with Gasteiger partial charge in [-0.15, -0.1) is 0 Å². The Morgan fingerprint density at radius 1 is 1.18 bits per heavy atom. The fraction of sp³-hybridized carbons (Fsp3) is 0.267. The molecule has 0 aromatic carbocycles. The van der Waals surface area contributed by atoms with Crippen LogP contribution in [0.3, 0.4) is 0 Å². The average molecular weight is 315 g/mol. The Morgan fingerprint density at radius 2 is 1.95 bits per heavy atom. The third-order valence-corrected chi connectivity index (χ3v) is 5.44. The van der Waals surface area contributed by atoms with Crippen molar-refractivity contribution in [3.63, 3.8) is 0 Å². The van der Waals surface area contributed by atoms with Crippen LogP contribution in [0.5, 0.6) is 0 Å². The Hall–Kier alpha value is -2.28. The molecule has 0 radical (unpaired) electrons. The lowest BCUT2D eigenvalue weighted by molar-refractivity contribution is 0.678. The maximum Gasteiger partial charge on any atom is 0.161 e. The summed E-state index contributed by atoms with van der Waals surface area (Å²) in [4.78, 5) is 13.1. The van der Waals surface area contributed by atoms with Crippen molar-refractivity contribution in [2.75, 3.05) is 13.3 Å². The molecule has 0 spiro atoms. The van der Waals surface area contributed by atoms with Crippen molar-refractivity contribution in [2.45, 2.75) is 18.9 Å². The van der Waals surface area contributed by atoms with Gasteiger partial charge in [0.05, 0.1) is 15.2 Å². The zero-order chi connectivity index (χ0) is 15.9. The van der Waals surface area contributed by atoms with Crippen molar-refractivity contribution in [1.82, 2.24) is 19.4 Å². The van der Waals surface area contributed by atoms with Gasteiger partial charge in [0.15, 0.2) is 5.03 Å². The Morgan fingerprint density at radius 3 is 2.64 bits per heavy atom. The van der Waals surface area contributed by atoms with E-state index in [0.29, 0.717) is 5.03 Å². The fourth-order valence-electron chi connectivity index (χ4n) is 2.43. The van der Waals surface area contributed by atoms with Crippen molar-refractivity contribution in [3.8, 4) is 11.1 Å². The summed E-state index contributed by atoms with van der Waals surface area (Å²) in [6.07, 6.45) is 6.78. The number of nitrogens with zero attached hydrogens (tertiary/aromatic N) is 5. The van der Waals surface area contributed by atoms with Gasteiger partial charge in [-0.05, 0) is 19.9 Å². The van der Waals surface area contributed by atoms with Gasteiger partial charge in [0.1, 0.15) is 12.2 Å². The monoisotopic (exact) mass is 315 g/mol. The summed E-state index contributed by atoms with van der Waals surface area (Å²) in [5.74, 6) is 0.783. The fourth-order valence-corrected chi connectivity index (χ4v) is 3.42. The van der Waals surface area contributed by atoms with Crippen LogP contribution in [0, 0.1) is 13.8 Å². The zero-order valence-corrected chi connectivity index (χ0v) is 13.8. The van der Waals surface area contributed by atoms with Crippen molar-refractivity contribution >= 4 is 15.2 Å². The maximum atomic E-state index is 12.7. The SMILES string of the molecule is CN=S(C)(=O)c1ncn2c(C)ncc(-c3cccnc3C)c12. The lowest BCUT2D eigenvalue weighted by atomic mass is 10.1. The summed E-state index contributed by atoms with van der Waals surface area (Å²) in [7, 11) is -0.995. The smallest absolute Gasteiger partial charge is 0.161 e. The molecule has 0 N–H and O–H groups in total. The second kappa shape index (κ2) is 5.17. The summed E-state index contributed by atoms with van der Waals surface area (Å²) in [6, 6.07) is 3.86. The van der Waals surface area contributed by atoms with Gasteiger partial charge in [-0.3, -0.25) is 9.38 Å². The number of hydrogen-bond acceptors (Lipinski definition) is 5. The lowest BCUT2D eigenvalue weighted by Crippen LogP contribution is -2.02. The van der Waals surface area contributed by atoms with E-state index in [-0.39, 0.29) is 0 Å². The van der Waals surface area contributed by atoms with Gasteiger partial charge in [-0.2, -0.15) is 0 Å². The highest BCUT2D eigenvalue weighted by Crippen LogP contribution is 2.30.